The van der Waals surface area contributed by atoms with Crippen molar-refractivity contribution in [3.05, 3.63) is 62.3 Å². The van der Waals surface area contributed by atoms with E-state index < -0.39 is 0 Å². The number of nitrogens with one attached hydrogen (secondary N) is 1. The molecule has 0 spiro atoms. The SMILES string of the molecule is Cc1c(C(=O)NCc2ccccc2F)sc2nc(C)n(C)c(=O)c12. The average molecular weight is 345 g/mol. The first-order chi connectivity index (χ1) is 11.4. The molecule has 0 radical (unpaired) electrons. The maximum atomic E-state index is 13.6. The molecule has 1 aromatic carbocycles. The predicted molar refractivity (Wildman–Crippen MR) is 91.9 cm³/mol. The molecule has 0 fully saturated rings. The molecule has 0 bridgehead atoms. The molecule has 1 N–H and O–H groups in total. The van der Waals surface area contributed by atoms with Crippen molar-refractivity contribution in [3.63, 3.8) is 0 Å². The first-order valence-electron chi connectivity index (χ1n) is 7.38. The molecule has 0 aliphatic carbocycles. The number of aromatic nitrogens is 2. The summed E-state index contributed by atoms with van der Waals surface area (Å²) in [5.74, 6) is -0.109. The first-order valence-corrected chi connectivity index (χ1v) is 8.20. The van der Waals surface area contributed by atoms with E-state index in [0.717, 1.165) is 0 Å². The number of carbonyl (C=O) groups is 1. The zero-order valence-corrected chi connectivity index (χ0v) is 14.3. The minimum atomic E-state index is -0.364. The fourth-order valence-electron chi connectivity index (χ4n) is 2.48. The van der Waals surface area contributed by atoms with Gasteiger partial charge < -0.3 is 5.32 Å². The summed E-state index contributed by atoms with van der Waals surface area (Å²) in [6, 6.07) is 6.28. The third-order valence-corrected chi connectivity index (χ3v) is 5.18. The Balaban J connectivity index is 1.93. The number of aryl methyl sites for hydroxylation is 2. The molecule has 5 nitrogen and oxygen atoms in total. The van der Waals surface area contributed by atoms with E-state index in [-0.39, 0.29) is 23.8 Å². The molecule has 0 aliphatic rings. The second kappa shape index (κ2) is 6.16. The number of nitrogens with zero attached hydrogens (tertiary/aromatic N) is 2. The summed E-state index contributed by atoms with van der Waals surface area (Å²) in [6.07, 6.45) is 0. The normalized spacial score (nSPS) is 11.0. The molecule has 7 heteroatoms. The van der Waals surface area contributed by atoms with E-state index in [2.05, 4.69) is 10.3 Å². The van der Waals surface area contributed by atoms with Gasteiger partial charge in [0.1, 0.15) is 16.5 Å². The Labute approximate surface area is 141 Å². The highest BCUT2D eigenvalue weighted by atomic mass is 32.1. The Bertz CT molecular complexity index is 1010. The third kappa shape index (κ3) is 2.71. The number of fused-ring (bicyclic) bond motifs is 1. The van der Waals surface area contributed by atoms with Crippen molar-refractivity contribution < 1.29 is 9.18 Å². The number of halogens is 1. The van der Waals surface area contributed by atoms with Gasteiger partial charge in [0, 0.05) is 19.2 Å². The monoisotopic (exact) mass is 345 g/mol. The zero-order chi connectivity index (χ0) is 17.4. The summed E-state index contributed by atoms with van der Waals surface area (Å²) in [5.41, 5.74) is 0.850. The lowest BCUT2D eigenvalue weighted by atomic mass is 10.2. The van der Waals surface area contributed by atoms with Gasteiger partial charge in [-0.2, -0.15) is 0 Å². The van der Waals surface area contributed by atoms with Crippen LogP contribution in [0.25, 0.3) is 10.2 Å². The van der Waals surface area contributed by atoms with Gasteiger partial charge in [0.15, 0.2) is 0 Å². The highest BCUT2D eigenvalue weighted by molar-refractivity contribution is 7.20. The van der Waals surface area contributed by atoms with Crippen LogP contribution < -0.4 is 10.9 Å². The van der Waals surface area contributed by atoms with E-state index in [9.17, 15) is 14.0 Å². The Morgan fingerprint density at radius 2 is 2.04 bits per heavy atom. The highest BCUT2D eigenvalue weighted by Gasteiger charge is 2.20. The number of thiophene rings is 1. The van der Waals surface area contributed by atoms with Crippen LogP contribution in [0.5, 0.6) is 0 Å². The van der Waals surface area contributed by atoms with Gasteiger partial charge >= 0.3 is 0 Å². The second-order valence-corrected chi connectivity index (χ2v) is 6.53. The topological polar surface area (TPSA) is 64.0 Å². The van der Waals surface area contributed by atoms with Crippen LogP contribution in [0.3, 0.4) is 0 Å². The van der Waals surface area contributed by atoms with Gasteiger partial charge in [0.25, 0.3) is 11.5 Å². The van der Waals surface area contributed by atoms with Crippen molar-refractivity contribution in [1.29, 1.82) is 0 Å². The maximum Gasteiger partial charge on any atom is 0.262 e. The molecule has 124 valence electrons. The first kappa shape index (κ1) is 16.3. The van der Waals surface area contributed by atoms with Crippen molar-refractivity contribution in [2.45, 2.75) is 20.4 Å². The number of hydrogen-bond donors (Lipinski definition) is 1. The lowest BCUT2D eigenvalue weighted by Gasteiger charge is -2.05. The van der Waals surface area contributed by atoms with Crippen molar-refractivity contribution in [2.75, 3.05) is 0 Å². The highest BCUT2D eigenvalue weighted by Crippen LogP contribution is 2.27. The molecule has 3 rings (SSSR count). The van der Waals surface area contributed by atoms with Crippen molar-refractivity contribution in [3.8, 4) is 0 Å². The smallest absolute Gasteiger partial charge is 0.262 e. The van der Waals surface area contributed by atoms with E-state index in [4.69, 9.17) is 0 Å². The van der Waals surface area contributed by atoms with Crippen LogP contribution in [-0.4, -0.2) is 15.5 Å². The van der Waals surface area contributed by atoms with E-state index in [0.29, 0.717) is 32.0 Å². The number of hydrogen-bond acceptors (Lipinski definition) is 4. The summed E-state index contributed by atoms with van der Waals surface area (Å²) in [7, 11) is 1.65. The van der Waals surface area contributed by atoms with Gasteiger partial charge in [-0.3, -0.25) is 14.2 Å². The standard InChI is InChI=1S/C17H16FN3O2S/c1-9-13-16(20-10(2)21(3)17(13)23)24-14(9)15(22)19-8-11-6-4-5-7-12(11)18/h4-7H,8H2,1-3H3,(H,19,22). The summed E-state index contributed by atoms with van der Waals surface area (Å²) in [5, 5.41) is 3.16. The predicted octanol–water partition coefficient (Wildman–Crippen LogP) is 2.68. The van der Waals surface area contributed by atoms with Crippen LogP contribution in [0.2, 0.25) is 0 Å². The quantitative estimate of drug-likeness (QED) is 0.794. The fraction of sp³-hybridized carbons (Fsp3) is 0.235. The molecule has 24 heavy (non-hydrogen) atoms. The van der Waals surface area contributed by atoms with Gasteiger partial charge in [0.2, 0.25) is 0 Å². The number of benzene rings is 1. The van der Waals surface area contributed by atoms with Gasteiger partial charge in [-0.15, -0.1) is 11.3 Å². The summed E-state index contributed by atoms with van der Waals surface area (Å²) < 4.78 is 15.1. The van der Waals surface area contributed by atoms with E-state index in [1.165, 1.54) is 22.0 Å². The maximum absolute atomic E-state index is 13.6. The Morgan fingerprint density at radius 3 is 2.75 bits per heavy atom. The Hall–Kier alpha value is -2.54. The number of carbonyl (C=O) groups excluding carboxylic acids is 1. The summed E-state index contributed by atoms with van der Waals surface area (Å²) >= 11 is 1.18. The van der Waals surface area contributed by atoms with Gasteiger partial charge in [0.05, 0.1) is 10.3 Å². The van der Waals surface area contributed by atoms with E-state index >= 15 is 0 Å². The van der Waals surface area contributed by atoms with Gasteiger partial charge in [-0.25, -0.2) is 9.37 Å². The molecule has 0 unspecified atom stereocenters. The molecule has 2 aromatic heterocycles. The lowest BCUT2D eigenvalue weighted by molar-refractivity contribution is 0.0954. The molecule has 1 amide bonds. The van der Waals surface area contributed by atoms with Crippen LogP contribution in [0.15, 0.2) is 29.1 Å². The van der Waals surface area contributed by atoms with Crippen LogP contribution in [-0.2, 0) is 13.6 Å². The summed E-state index contributed by atoms with van der Waals surface area (Å²) in [6.45, 7) is 3.56. The van der Waals surface area contributed by atoms with Crippen LogP contribution in [0.4, 0.5) is 4.39 Å². The number of amides is 1. The minimum Gasteiger partial charge on any atom is -0.347 e. The van der Waals surface area contributed by atoms with E-state index in [1.54, 1.807) is 39.1 Å². The van der Waals surface area contributed by atoms with Crippen molar-refractivity contribution in [2.24, 2.45) is 7.05 Å². The van der Waals surface area contributed by atoms with Gasteiger partial charge in [-0.05, 0) is 25.5 Å². The molecule has 0 saturated heterocycles. The number of rotatable bonds is 3. The van der Waals surface area contributed by atoms with Crippen LogP contribution >= 0.6 is 11.3 Å². The van der Waals surface area contributed by atoms with Crippen LogP contribution in [0, 0.1) is 19.7 Å². The molecule has 0 saturated carbocycles. The lowest BCUT2D eigenvalue weighted by Crippen LogP contribution is -2.23. The fourth-order valence-corrected chi connectivity index (χ4v) is 3.61. The van der Waals surface area contributed by atoms with Crippen molar-refractivity contribution >= 4 is 27.5 Å². The average Bonchev–Trinajstić information content (AvgIpc) is 2.88. The molecule has 0 atom stereocenters. The Kier molecular flexibility index (Phi) is 4.19. The zero-order valence-electron chi connectivity index (χ0n) is 13.5. The Morgan fingerprint density at radius 1 is 1.33 bits per heavy atom. The van der Waals surface area contributed by atoms with E-state index in [1.807, 2.05) is 0 Å². The third-order valence-electron chi connectivity index (χ3n) is 4.00. The molecular weight excluding hydrogens is 329 g/mol. The molecular formula is C17H16FN3O2S. The largest absolute Gasteiger partial charge is 0.347 e. The molecule has 0 aliphatic heterocycles. The molecule has 2 heterocycles. The minimum absolute atomic E-state index is 0.0870. The van der Waals surface area contributed by atoms with Gasteiger partial charge in [-0.1, -0.05) is 18.2 Å². The van der Waals surface area contributed by atoms with Crippen LogP contribution in [0.1, 0.15) is 26.6 Å². The summed E-state index contributed by atoms with van der Waals surface area (Å²) in [4.78, 5) is 30.2. The molecule has 3 aromatic rings. The second-order valence-electron chi connectivity index (χ2n) is 5.53. The van der Waals surface area contributed by atoms with Crippen molar-refractivity contribution in [1.82, 2.24) is 14.9 Å².